The van der Waals surface area contributed by atoms with Gasteiger partial charge in [-0.15, -0.1) is 0 Å². The fraction of sp³-hybridized carbons (Fsp3) is 0.778. The molecule has 0 radical (unpaired) electrons. The largest absolute Gasteiger partial charge is 0.480 e. The zero-order chi connectivity index (χ0) is 11.7. The van der Waals surface area contributed by atoms with E-state index in [1.54, 1.807) is 20.8 Å². The minimum atomic E-state index is -0.931. The van der Waals surface area contributed by atoms with Gasteiger partial charge >= 0.3 is 11.9 Å². The molecule has 5 heteroatoms. The number of nitrogens with two attached hydrogens (primary N) is 1. The Hall–Kier alpha value is -1.10. The Morgan fingerprint density at radius 1 is 1.43 bits per heavy atom. The van der Waals surface area contributed by atoms with Crippen LogP contribution in [0.2, 0.25) is 0 Å². The molecule has 0 unspecified atom stereocenters. The van der Waals surface area contributed by atoms with Crippen molar-refractivity contribution in [3.63, 3.8) is 0 Å². The van der Waals surface area contributed by atoms with Crippen LogP contribution in [-0.4, -0.2) is 29.7 Å². The molecule has 3 N–H and O–H groups in total. The minimum absolute atomic E-state index is 0.0208. The van der Waals surface area contributed by atoms with Crippen molar-refractivity contribution in [2.75, 3.05) is 6.61 Å². The van der Waals surface area contributed by atoms with Crippen LogP contribution in [0.3, 0.4) is 0 Å². The van der Waals surface area contributed by atoms with Gasteiger partial charge in [0.1, 0.15) is 6.04 Å². The van der Waals surface area contributed by atoms with Gasteiger partial charge < -0.3 is 15.6 Å². The Kier molecular flexibility index (Phi) is 9.33. The molecule has 0 saturated heterocycles. The molecule has 5 nitrogen and oxygen atoms in total. The lowest BCUT2D eigenvalue weighted by Gasteiger charge is -2.07. The van der Waals surface area contributed by atoms with Crippen molar-refractivity contribution in [2.45, 2.75) is 33.7 Å². The Morgan fingerprint density at radius 2 is 1.86 bits per heavy atom. The van der Waals surface area contributed by atoms with Crippen LogP contribution in [0.25, 0.3) is 0 Å². The summed E-state index contributed by atoms with van der Waals surface area (Å²) in [5.74, 6) is -1.12. The number of carboxylic acid groups (broad SMARTS) is 1. The predicted molar refractivity (Wildman–Crippen MR) is 52.8 cm³/mol. The van der Waals surface area contributed by atoms with Gasteiger partial charge in [0, 0.05) is 6.92 Å². The third-order valence-electron chi connectivity index (χ3n) is 1.35. The van der Waals surface area contributed by atoms with Crippen LogP contribution in [0.5, 0.6) is 0 Å². The van der Waals surface area contributed by atoms with Crippen LogP contribution >= 0.6 is 0 Å². The standard InChI is InChI=1S/C5H11NO2.C4H8O2/c1-3(2)4(6)5(7)8;1-3-6-4(2)5/h3-4H,6H2,1-2H3,(H,7,8);3H2,1-2H3/t4-;/m0./s1. The number of carbonyl (C=O) groups excluding carboxylic acids is 1. The van der Waals surface area contributed by atoms with E-state index in [1.807, 2.05) is 0 Å². The second kappa shape index (κ2) is 8.50. The zero-order valence-corrected chi connectivity index (χ0v) is 9.11. The van der Waals surface area contributed by atoms with Crippen molar-refractivity contribution in [2.24, 2.45) is 11.7 Å². The third-order valence-corrected chi connectivity index (χ3v) is 1.35. The predicted octanol–water partition coefficient (Wildman–Crippen LogP) is 0.624. The van der Waals surface area contributed by atoms with Gasteiger partial charge in [0.2, 0.25) is 0 Å². The highest BCUT2D eigenvalue weighted by Crippen LogP contribution is 1.96. The summed E-state index contributed by atoms with van der Waals surface area (Å²) in [6.45, 7) is 7.21. The summed E-state index contributed by atoms with van der Waals surface area (Å²) in [6.07, 6.45) is 0. The second-order valence-corrected chi connectivity index (χ2v) is 3.03. The number of carboxylic acids is 1. The lowest BCUT2D eigenvalue weighted by molar-refractivity contribution is -0.141. The van der Waals surface area contributed by atoms with E-state index in [1.165, 1.54) is 6.92 Å². The number of carbonyl (C=O) groups is 2. The number of aliphatic carboxylic acids is 1. The summed E-state index contributed by atoms with van der Waals surface area (Å²) in [5.41, 5.74) is 5.16. The van der Waals surface area contributed by atoms with Gasteiger partial charge in [-0.05, 0) is 12.8 Å². The lowest BCUT2D eigenvalue weighted by Crippen LogP contribution is -2.34. The number of ether oxygens (including phenoxy) is 1. The maximum absolute atomic E-state index is 10.0. The monoisotopic (exact) mass is 205 g/mol. The molecule has 1 atom stereocenters. The van der Waals surface area contributed by atoms with E-state index < -0.39 is 12.0 Å². The van der Waals surface area contributed by atoms with Crippen molar-refractivity contribution >= 4 is 11.9 Å². The summed E-state index contributed by atoms with van der Waals surface area (Å²) in [6, 6.07) is -0.713. The average Bonchev–Trinajstić information content (AvgIpc) is 2.03. The van der Waals surface area contributed by atoms with E-state index in [-0.39, 0.29) is 11.9 Å². The van der Waals surface area contributed by atoms with Crippen LogP contribution in [0.15, 0.2) is 0 Å². The van der Waals surface area contributed by atoms with Gasteiger partial charge in [-0.25, -0.2) is 0 Å². The fourth-order valence-corrected chi connectivity index (χ4v) is 0.488. The van der Waals surface area contributed by atoms with Gasteiger partial charge in [-0.1, -0.05) is 13.8 Å². The van der Waals surface area contributed by atoms with Crippen LogP contribution < -0.4 is 5.73 Å². The first kappa shape index (κ1) is 15.4. The second-order valence-electron chi connectivity index (χ2n) is 3.03. The molecule has 0 aromatic rings. The maximum atomic E-state index is 10.0. The van der Waals surface area contributed by atoms with Crippen LogP contribution in [0.4, 0.5) is 0 Å². The number of hydrogen-bond donors (Lipinski definition) is 2. The SMILES string of the molecule is CC(C)[C@H](N)C(=O)O.CCOC(C)=O. The molecule has 0 aliphatic rings. The number of hydrogen-bond acceptors (Lipinski definition) is 4. The maximum Gasteiger partial charge on any atom is 0.320 e. The van der Waals surface area contributed by atoms with E-state index in [0.29, 0.717) is 6.61 Å². The Labute approximate surface area is 84.2 Å². The van der Waals surface area contributed by atoms with Gasteiger partial charge in [-0.3, -0.25) is 9.59 Å². The topological polar surface area (TPSA) is 89.6 Å². The molecule has 0 rings (SSSR count). The van der Waals surface area contributed by atoms with E-state index in [2.05, 4.69) is 4.74 Å². The zero-order valence-electron chi connectivity index (χ0n) is 9.11. The highest BCUT2D eigenvalue weighted by molar-refractivity contribution is 5.73. The van der Waals surface area contributed by atoms with Crippen molar-refractivity contribution in [1.82, 2.24) is 0 Å². The van der Waals surface area contributed by atoms with Crippen molar-refractivity contribution in [3.05, 3.63) is 0 Å². The third kappa shape index (κ3) is 10.9. The quantitative estimate of drug-likeness (QED) is 0.659. The first-order chi connectivity index (χ1) is 6.32. The molecular formula is C9H19NO4. The van der Waals surface area contributed by atoms with Crippen molar-refractivity contribution < 1.29 is 19.4 Å². The Bertz CT molecular complexity index is 180. The van der Waals surface area contributed by atoms with Crippen LogP contribution in [-0.2, 0) is 14.3 Å². The highest BCUT2D eigenvalue weighted by atomic mass is 16.5. The summed E-state index contributed by atoms with van der Waals surface area (Å²) in [5, 5.41) is 8.23. The van der Waals surface area contributed by atoms with Gasteiger partial charge in [0.25, 0.3) is 0 Å². The smallest absolute Gasteiger partial charge is 0.320 e. The molecule has 0 saturated carbocycles. The summed E-state index contributed by atoms with van der Waals surface area (Å²) >= 11 is 0. The van der Waals surface area contributed by atoms with E-state index in [0.717, 1.165) is 0 Å². The molecule has 0 aliphatic carbocycles. The molecule has 0 heterocycles. The molecule has 84 valence electrons. The molecule has 14 heavy (non-hydrogen) atoms. The molecule has 0 aromatic carbocycles. The van der Waals surface area contributed by atoms with E-state index in [9.17, 15) is 9.59 Å². The molecule has 0 fully saturated rings. The van der Waals surface area contributed by atoms with E-state index >= 15 is 0 Å². The average molecular weight is 205 g/mol. The summed E-state index contributed by atoms with van der Waals surface area (Å²) in [4.78, 5) is 19.8. The van der Waals surface area contributed by atoms with Crippen molar-refractivity contribution in [1.29, 1.82) is 0 Å². The van der Waals surface area contributed by atoms with Gasteiger partial charge in [-0.2, -0.15) is 0 Å². The van der Waals surface area contributed by atoms with Crippen molar-refractivity contribution in [3.8, 4) is 0 Å². The first-order valence-electron chi connectivity index (χ1n) is 4.44. The normalized spacial score (nSPS) is 11.3. The lowest BCUT2D eigenvalue weighted by atomic mass is 10.1. The van der Waals surface area contributed by atoms with Gasteiger partial charge in [0.15, 0.2) is 0 Å². The van der Waals surface area contributed by atoms with Gasteiger partial charge in [0.05, 0.1) is 6.61 Å². The Balaban J connectivity index is 0. The first-order valence-corrected chi connectivity index (χ1v) is 4.44. The molecule has 0 spiro atoms. The molecular weight excluding hydrogens is 186 g/mol. The van der Waals surface area contributed by atoms with Crippen LogP contribution in [0, 0.1) is 5.92 Å². The molecule has 0 aromatic heterocycles. The fourth-order valence-electron chi connectivity index (χ4n) is 0.488. The molecule has 0 amide bonds. The number of rotatable bonds is 3. The van der Waals surface area contributed by atoms with E-state index in [4.69, 9.17) is 10.8 Å². The summed E-state index contributed by atoms with van der Waals surface area (Å²) in [7, 11) is 0. The number of esters is 1. The Morgan fingerprint density at radius 3 is 1.86 bits per heavy atom. The highest BCUT2D eigenvalue weighted by Gasteiger charge is 2.14. The molecule has 0 aliphatic heterocycles. The minimum Gasteiger partial charge on any atom is -0.480 e. The summed E-state index contributed by atoms with van der Waals surface area (Å²) < 4.78 is 4.40. The van der Waals surface area contributed by atoms with Crippen LogP contribution in [0.1, 0.15) is 27.7 Å². The molecule has 0 bridgehead atoms.